The Morgan fingerprint density at radius 2 is 2.05 bits per heavy atom. The third kappa shape index (κ3) is 3.50. The molecule has 0 spiro atoms. The van der Waals surface area contributed by atoms with Crippen molar-refractivity contribution in [2.24, 2.45) is 0 Å². The molecule has 0 atom stereocenters. The van der Waals surface area contributed by atoms with E-state index in [0.717, 1.165) is 17.5 Å². The van der Waals surface area contributed by atoms with Crippen molar-refractivity contribution in [3.8, 4) is 0 Å². The van der Waals surface area contributed by atoms with Crippen LogP contribution in [0.2, 0.25) is 0 Å². The molecular formula is C14H14FN3O2. The van der Waals surface area contributed by atoms with Crippen LogP contribution in [0.5, 0.6) is 0 Å². The molecule has 2 aromatic rings. The van der Waals surface area contributed by atoms with Gasteiger partial charge in [-0.1, -0.05) is 12.1 Å². The summed E-state index contributed by atoms with van der Waals surface area (Å²) in [5.74, 6) is 0.368. The summed E-state index contributed by atoms with van der Waals surface area (Å²) < 4.78 is 12.7. The lowest BCUT2D eigenvalue weighted by atomic mass is 10.1. The van der Waals surface area contributed by atoms with E-state index < -0.39 is 4.92 Å². The van der Waals surface area contributed by atoms with Crippen molar-refractivity contribution >= 4 is 11.5 Å². The molecule has 1 heterocycles. The summed E-state index contributed by atoms with van der Waals surface area (Å²) in [5.41, 5.74) is 1.71. The fourth-order valence-electron chi connectivity index (χ4n) is 1.82. The number of aromatic nitrogens is 1. The summed E-state index contributed by atoms with van der Waals surface area (Å²) in [6.45, 7) is 2.39. The SMILES string of the molecule is Cc1cc([N+](=O)[O-])cnc1NCCc1ccc(F)cc1. The van der Waals surface area contributed by atoms with Crippen LogP contribution >= 0.6 is 0 Å². The van der Waals surface area contributed by atoms with Gasteiger partial charge in [-0.05, 0) is 36.6 Å². The van der Waals surface area contributed by atoms with E-state index in [1.165, 1.54) is 24.4 Å². The molecule has 1 aromatic heterocycles. The van der Waals surface area contributed by atoms with E-state index in [4.69, 9.17) is 0 Å². The largest absolute Gasteiger partial charge is 0.370 e. The second-order valence-electron chi connectivity index (χ2n) is 4.42. The third-order valence-corrected chi connectivity index (χ3v) is 2.89. The molecule has 0 aliphatic heterocycles. The number of nitrogens with one attached hydrogen (secondary N) is 1. The van der Waals surface area contributed by atoms with Crippen LogP contribution in [0.4, 0.5) is 15.9 Å². The van der Waals surface area contributed by atoms with Gasteiger partial charge in [0.2, 0.25) is 0 Å². The van der Waals surface area contributed by atoms with Gasteiger partial charge < -0.3 is 5.32 Å². The lowest BCUT2D eigenvalue weighted by Crippen LogP contribution is -2.08. The van der Waals surface area contributed by atoms with Crippen LogP contribution in [0.15, 0.2) is 36.5 Å². The fraction of sp³-hybridized carbons (Fsp3) is 0.214. The maximum atomic E-state index is 12.7. The van der Waals surface area contributed by atoms with E-state index >= 15 is 0 Å². The number of pyridine rings is 1. The number of nitrogens with zero attached hydrogens (tertiary/aromatic N) is 2. The van der Waals surface area contributed by atoms with E-state index in [0.29, 0.717) is 12.4 Å². The molecule has 1 aromatic carbocycles. The van der Waals surface area contributed by atoms with E-state index in [2.05, 4.69) is 10.3 Å². The topological polar surface area (TPSA) is 68.1 Å². The number of aryl methyl sites for hydroxylation is 1. The standard InChI is InChI=1S/C14H14FN3O2/c1-10-8-13(18(19)20)9-17-14(10)16-7-6-11-2-4-12(15)5-3-11/h2-5,8-9H,6-7H2,1H3,(H,16,17). The van der Waals surface area contributed by atoms with Crippen molar-refractivity contribution in [3.63, 3.8) is 0 Å². The summed E-state index contributed by atoms with van der Waals surface area (Å²) >= 11 is 0. The van der Waals surface area contributed by atoms with Crippen molar-refractivity contribution in [1.29, 1.82) is 0 Å². The number of rotatable bonds is 5. The first-order chi connectivity index (χ1) is 9.56. The first-order valence-electron chi connectivity index (χ1n) is 6.15. The highest BCUT2D eigenvalue weighted by atomic mass is 19.1. The molecule has 0 radical (unpaired) electrons. The minimum absolute atomic E-state index is 0.0217. The molecule has 1 N–H and O–H groups in total. The van der Waals surface area contributed by atoms with Gasteiger partial charge in [0, 0.05) is 12.6 Å². The average Bonchev–Trinajstić information content (AvgIpc) is 2.42. The van der Waals surface area contributed by atoms with Crippen molar-refractivity contribution in [3.05, 3.63) is 63.6 Å². The number of benzene rings is 1. The first kappa shape index (κ1) is 13.9. The Bertz CT molecular complexity index is 614. The molecule has 0 aliphatic rings. The Morgan fingerprint density at radius 3 is 2.65 bits per heavy atom. The lowest BCUT2D eigenvalue weighted by Gasteiger charge is -2.08. The molecule has 0 saturated heterocycles. The maximum absolute atomic E-state index is 12.7. The fourth-order valence-corrected chi connectivity index (χ4v) is 1.82. The Labute approximate surface area is 115 Å². The number of hydrogen-bond donors (Lipinski definition) is 1. The Balaban J connectivity index is 1.94. The van der Waals surface area contributed by atoms with Crippen LogP contribution in [0.1, 0.15) is 11.1 Å². The van der Waals surface area contributed by atoms with E-state index in [-0.39, 0.29) is 11.5 Å². The van der Waals surface area contributed by atoms with Crippen LogP contribution < -0.4 is 5.32 Å². The Hall–Kier alpha value is -2.50. The molecule has 0 unspecified atom stereocenters. The zero-order valence-corrected chi connectivity index (χ0v) is 11.0. The van der Waals surface area contributed by atoms with Crippen molar-refractivity contribution in [1.82, 2.24) is 4.98 Å². The van der Waals surface area contributed by atoms with Gasteiger partial charge in [0.25, 0.3) is 5.69 Å². The average molecular weight is 275 g/mol. The summed E-state index contributed by atoms with van der Waals surface area (Å²) in [5, 5.41) is 13.7. The zero-order valence-electron chi connectivity index (χ0n) is 11.0. The molecule has 6 heteroatoms. The molecule has 0 aliphatic carbocycles. The second kappa shape index (κ2) is 6.10. The van der Waals surface area contributed by atoms with Crippen LogP contribution in [0.25, 0.3) is 0 Å². The predicted octanol–water partition coefficient (Wildman–Crippen LogP) is 3.09. The Morgan fingerprint density at radius 1 is 1.35 bits per heavy atom. The van der Waals surface area contributed by atoms with Gasteiger partial charge >= 0.3 is 0 Å². The number of halogens is 1. The van der Waals surface area contributed by atoms with Crippen molar-refractivity contribution < 1.29 is 9.31 Å². The number of hydrogen-bond acceptors (Lipinski definition) is 4. The molecule has 20 heavy (non-hydrogen) atoms. The molecule has 0 amide bonds. The van der Waals surface area contributed by atoms with Crippen molar-refractivity contribution in [2.75, 3.05) is 11.9 Å². The zero-order chi connectivity index (χ0) is 14.5. The molecule has 104 valence electrons. The predicted molar refractivity (Wildman–Crippen MR) is 74.2 cm³/mol. The third-order valence-electron chi connectivity index (χ3n) is 2.89. The number of nitro groups is 1. The van der Waals surface area contributed by atoms with Crippen LogP contribution in [-0.2, 0) is 6.42 Å². The summed E-state index contributed by atoms with van der Waals surface area (Å²) in [4.78, 5) is 14.2. The minimum atomic E-state index is -0.470. The van der Waals surface area contributed by atoms with Gasteiger partial charge in [-0.15, -0.1) is 0 Å². The van der Waals surface area contributed by atoms with Crippen LogP contribution in [-0.4, -0.2) is 16.5 Å². The second-order valence-corrected chi connectivity index (χ2v) is 4.42. The molecule has 0 bridgehead atoms. The minimum Gasteiger partial charge on any atom is -0.370 e. The monoisotopic (exact) mass is 275 g/mol. The summed E-state index contributed by atoms with van der Waals surface area (Å²) in [6.07, 6.45) is 1.95. The molecule has 0 fully saturated rings. The van der Waals surface area contributed by atoms with Crippen LogP contribution in [0, 0.1) is 22.9 Å². The van der Waals surface area contributed by atoms with Gasteiger partial charge in [-0.25, -0.2) is 9.37 Å². The highest BCUT2D eigenvalue weighted by Gasteiger charge is 2.08. The van der Waals surface area contributed by atoms with Crippen molar-refractivity contribution in [2.45, 2.75) is 13.3 Å². The molecule has 2 rings (SSSR count). The molecular weight excluding hydrogens is 261 g/mol. The normalized spacial score (nSPS) is 10.3. The van der Waals surface area contributed by atoms with Gasteiger partial charge in [0.15, 0.2) is 0 Å². The highest BCUT2D eigenvalue weighted by Crippen LogP contribution is 2.17. The summed E-state index contributed by atoms with van der Waals surface area (Å²) in [6, 6.07) is 7.78. The van der Waals surface area contributed by atoms with Gasteiger partial charge in [0.1, 0.15) is 17.8 Å². The van der Waals surface area contributed by atoms with E-state index in [1.54, 1.807) is 19.1 Å². The smallest absolute Gasteiger partial charge is 0.287 e. The molecule has 0 saturated carbocycles. The van der Waals surface area contributed by atoms with Gasteiger partial charge in [-0.2, -0.15) is 0 Å². The van der Waals surface area contributed by atoms with Crippen LogP contribution in [0.3, 0.4) is 0 Å². The van der Waals surface area contributed by atoms with E-state index in [9.17, 15) is 14.5 Å². The maximum Gasteiger partial charge on any atom is 0.287 e. The summed E-state index contributed by atoms with van der Waals surface area (Å²) in [7, 11) is 0. The van der Waals surface area contributed by atoms with E-state index in [1.807, 2.05) is 0 Å². The van der Waals surface area contributed by atoms with Gasteiger partial charge in [-0.3, -0.25) is 10.1 Å². The number of anilines is 1. The quantitative estimate of drug-likeness (QED) is 0.672. The lowest BCUT2D eigenvalue weighted by molar-refractivity contribution is -0.385. The Kier molecular flexibility index (Phi) is 4.24. The molecule has 5 nitrogen and oxygen atoms in total. The highest BCUT2D eigenvalue weighted by molar-refractivity contribution is 5.48. The van der Waals surface area contributed by atoms with Gasteiger partial charge in [0.05, 0.1) is 4.92 Å². The first-order valence-corrected chi connectivity index (χ1v) is 6.15.